The molecule has 0 saturated carbocycles. The summed E-state index contributed by atoms with van der Waals surface area (Å²) >= 11 is 0. The predicted molar refractivity (Wildman–Crippen MR) is 70.0 cm³/mol. The molecule has 5 heteroatoms. The van der Waals surface area contributed by atoms with Gasteiger partial charge in [0.25, 0.3) is 5.91 Å². The molecule has 1 atom stereocenters. The molecule has 1 rings (SSSR count). The summed E-state index contributed by atoms with van der Waals surface area (Å²) in [5, 5.41) is 2.55. The van der Waals surface area contributed by atoms with Crippen LogP contribution in [0.4, 0.5) is 0 Å². The number of carbonyl (C=O) groups excluding carboxylic acids is 2. The molecule has 0 aliphatic rings. The first kappa shape index (κ1) is 14.2. The largest absolute Gasteiger partial charge is 0.355 e. The van der Waals surface area contributed by atoms with Crippen molar-refractivity contribution in [3.05, 3.63) is 35.4 Å². The molecular weight excluding hydrogens is 230 g/mol. The third-order valence-corrected chi connectivity index (χ3v) is 2.63. The SMILES string of the molecule is CNC(=O)c1ccc(CN(C)C(=O)C(C)N)cc1. The minimum atomic E-state index is -0.500. The topological polar surface area (TPSA) is 75.4 Å². The maximum absolute atomic E-state index is 11.6. The van der Waals surface area contributed by atoms with E-state index in [-0.39, 0.29) is 11.8 Å². The molecule has 5 nitrogen and oxygen atoms in total. The van der Waals surface area contributed by atoms with Crippen molar-refractivity contribution in [2.75, 3.05) is 14.1 Å². The Bertz CT molecular complexity index is 426. The van der Waals surface area contributed by atoms with Gasteiger partial charge in [0.1, 0.15) is 0 Å². The highest BCUT2D eigenvalue weighted by molar-refractivity contribution is 5.93. The van der Waals surface area contributed by atoms with E-state index in [1.54, 1.807) is 38.1 Å². The van der Waals surface area contributed by atoms with Gasteiger partial charge in [-0.05, 0) is 24.6 Å². The summed E-state index contributed by atoms with van der Waals surface area (Å²) in [5.74, 6) is -0.230. The Hall–Kier alpha value is -1.88. The quantitative estimate of drug-likeness (QED) is 0.808. The van der Waals surface area contributed by atoms with Gasteiger partial charge >= 0.3 is 0 Å². The van der Waals surface area contributed by atoms with Crippen LogP contribution in [0.25, 0.3) is 0 Å². The van der Waals surface area contributed by atoms with Crippen molar-refractivity contribution in [2.45, 2.75) is 19.5 Å². The number of hydrogen-bond donors (Lipinski definition) is 2. The Morgan fingerprint density at radius 1 is 1.33 bits per heavy atom. The van der Waals surface area contributed by atoms with E-state index < -0.39 is 6.04 Å². The van der Waals surface area contributed by atoms with Crippen LogP contribution >= 0.6 is 0 Å². The molecule has 3 N–H and O–H groups in total. The highest BCUT2D eigenvalue weighted by Gasteiger charge is 2.13. The van der Waals surface area contributed by atoms with Gasteiger partial charge in [-0.25, -0.2) is 0 Å². The number of carbonyl (C=O) groups is 2. The summed E-state index contributed by atoms with van der Waals surface area (Å²) in [6.07, 6.45) is 0. The number of likely N-dealkylation sites (N-methyl/N-ethyl adjacent to an activating group) is 1. The van der Waals surface area contributed by atoms with Crippen molar-refractivity contribution >= 4 is 11.8 Å². The van der Waals surface area contributed by atoms with Crippen molar-refractivity contribution in [2.24, 2.45) is 5.73 Å². The number of hydrogen-bond acceptors (Lipinski definition) is 3. The van der Waals surface area contributed by atoms with E-state index in [4.69, 9.17) is 5.73 Å². The summed E-state index contributed by atoms with van der Waals surface area (Å²) in [5.41, 5.74) is 7.09. The second-order valence-electron chi connectivity index (χ2n) is 4.26. The van der Waals surface area contributed by atoms with Gasteiger partial charge in [0.2, 0.25) is 5.91 Å². The number of nitrogens with zero attached hydrogens (tertiary/aromatic N) is 1. The smallest absolute Gasteiger partial charge is 0.251 e. The molecule has 1 aromatic carbocycles. The van der Waals surface area contributed by atoms with E-state index in [9.17, 15) is 9.59 Å². The lowest BCUT2D eigenvalue weighted by Gasteiger charge is -2.19. The monoisotopic (exact) mass is 249 g/mol. The standard InChI is InChI=1S/C13H19N3O2/c1-9(14)13(18)16(3)8-10-4-6-11(7-5-10)12(17)15-2/h4-7,9H,8,14H2,1-3H3,(H,15,17). The first-order chi connectivity index (χ1) is 8.45. The molecule has 98 valence electrons. The normalized spacial score (nSPS) is 11.8. The first-order valence-corrected chi connectivity index (χ1v) is 5.77. The fourth-order valence-electron chi connectivity index (χ4n) is 1.61. The molecule has 0 radical (unpaired) electrons. The fourth-order valence-corrected chi connectivity index (χ4v) is 1.61. The summed E-state index contributed by atoms with van der Waals surface area (Å²) in [6.45, 7) is 2.14. The van der Waals surface area contributed by atoms with Gasteiger partial charge in [-0.1, -0.05) is 12.1 Å². The van der Waals surface area contributed by atoms with Crippen molar-refractivity contribution in [3.8, 4) is 0 Å². The van der Waals surface area contributed by atoms with Crippen molar-refractivity contribution < 1.29 is 9.59 Å². The van der Waals surface area contributed by atoms with Crippen LogP contribution in [0.5, 0.6) is 0 Å². The molecule has 0 saturated heterocycles. The summed E-state index contributed by atoms with van der Waals surface area (Å²) < 4.78 is 0. The zero-order valence-electron chi connectivity index (χ0n) is 10.9. The molecule has 1 unspecified atom stereocenters. The Morgan fingerprint density at radius 2 is 1.89 bits per heavy atom. The Kier molecular flexibility index (Phi) is 4.85. The van der Waals surface area contributed by atoms with Gasteiger partial charge in [0, 0.05) is 26.2 Å². The minimum Gasteiger partial charge on any atom is -0.355 e. The average molecular weight is 249 g/mol. The number of amides is 2. The van der Waals surface area contributed by atoms with E-state index in [0.29, 0.717) is 12.1 Å². The van der Waals surface area contributed by atoms with Crippen molar-refractivity contribution in [1.29, 1.82) is 0 Å². The van der Waals surface area contributed by atoms with Crippen LogP contribution < -0.4 is 11.1 Å². The van der Waals surface area contributed by atoms with Gasteiger partial charge in [-0.2, -0.15) is 0 Å². The number of rotatable bonds is 4. The Morgan fingerprint density at radius 3 is 2.33 bits per heavy atom. The van der Waals surface area contributed by atoms with E-state index in [2.05, 4.69) is 5.32 Å². The van der Waals surface area contributed by atoms with Crippen LogP contribution in [0.15, 0.2) is 24.3 Å². The molecule has 0 aliphatic carbocycles. The molecular formula is C13H19N3O2. The van der Waals surface area contributed by atoms with E-state index >= 15 is 0 Å². The molecule has 0 aromatic heterocycles. The van der Waals surface area contributed by atoms with Gasteiger partial charge in [-0.3, -0.25) is 9.59 Å². The van der Waals surface area contributed by atoms with E-state index in [1.165, 1.54) is 0 Å². The van der Waals surface area contributed by atoms with Crippen molar-refractivity contribution in [1.82, 2.24) is 10.2 Å². The summed E-state index contributed by atoms with van der Waals surface area (Å²) in [7, 11) is 3.30. The second-order valence-corrected chi connectivity index (χ2v) is 4.26. The van der Waals surface area contributed by atoms with Crippen LogP contribution in [0, 0.1) is 0 Å². The van der Waals surface area contributed by atoms with Gasteiger partial charge < -0.3 is 16.0 Å². The van der Waals surface area contributed by atoms with Crippen LogP contribution in [-0.2, 0) is 11.3 Å². The van der Waals surface area contributed by atoms with Crippen LogP contribution in [0.3, 0.4) is 0 Å². The van der Waals surface area contributed by atoms with Gasteiger partial charge in [0.15, 0.2) is 0 Å². The van der Waals surface area contributed by atoms with Crippen LogP contribution in [0.1, 0.15) is 22.8 Å². The molecule has 0 aliphatic heterocycles. The molecule has 18 heavy (non-hydrogen) atoms. The molecule has 1 aromatic rings. The average Bonchev–Trinajstić information content (AvgIpc) is 2.37. The second kappa shape index (κ2) is 6.16. The lowest BCUT2D eigenvalue weighted by molar-refractivity contribution is -0.131. The predicted octanol–water partition coefficient (Wildman–Crippen LogP) is 0.352. The number of benzene rings is 1. The van der Waals surface area contributed by atoms with Gasteiger partial charge in [-0.15, -0.1) is 0 Å². The lowest BCUT2D eigenvalue weighted by atomic mass is 10.1. The molecule has 0 bridgehead atoms. The van der Waals surface area contributed by atoms with E-state index in [1.807, 2.05) is 12.1 Å². The van der Waals surface area contributed by atoms with Gasteiger partial charge in [0.05, 0.1) is 6.04 Å². The Labute approximate surface area is 107 Å². The lowest BCUT2D eigenvalue weighted by Crippen LogP contribution is -2.39. The molecule has 2 amide bonds. The number of nitrogens with one attached hydrogen (secondary N) is 1. The third-order valence-electron chi connectivity index (χ3n) is 2.63. The third kappa shape index (κ3) is 3.56. The fraction of sp³-hybridized carbons (Fsp3) is 0.385. The Balaban J connectivity index is 2.69. The maximum Gasteiger partial charge on any atom is 0.251 e. The minimum absolute atomic E-state index is 0.106. The van der Waals surface area contributed by atoms with Crippen LogP contribution in [-0.4, -0.2) is 36.9 Å². The van der Waals surface area contributed by atoms with Crippen LogP contribution in [0.2, 0.25) is 0 Å². The van der Waals surface area contributed by atoms with E-state index in [0.717, 1.165) is 5.56 Å². The highest BCUT2D eigenvalue weighted by Crippen LogP contribution is 2.07. The molecule has 0 spiro atoms. The van der Waals surface area contributed by atoms with Crippen molar-refractivity contribution in [3.63, 3.8) is 0 Å². The summed E-state index contributed by atoms with van der Waals surface area (Å²) in [6, 6.07) is 6.63. The number of nitrogens with two attached hydrogens (primary N) is 1. The maximum atomic E-state index is 11.6. The highest BCUT2D eigenvalue weighted by atomic mass is 16.2. The summed E-state index contributed by atoms with van der Waals surface area (Å²) in [4.78, 5) is 24.5. The zero-order chi connectivity index (χ0) is 13.7. The zero-order valence-corrected chi connectivity index (χ0v) is 10.9. The molecule has 0 heterocycles. The first-order valence-electron chi connectivity index (χ1n) is 5.77. The molecule has 0 fully saturated rings.